The maximum absolute atomic E-state index is 12.6. The first-order valence-corrected chi connectivity index (χ1v) is 10.2. The van der Waals surface area contributed by atoms with Crippen LogP contribution < -0.4 is 4.72 Å². The predicted octanol–water partition coefficient (Wildman–Crippen LogP) is 5.58. The van der Waals surface area contributed by atoms with E-state index in [2.05, 4.69) is 4.72 Å². The molecule has 0 bridgehead atoms. The second-order valence-corrected chi connectivity index (χ2v) is 8.48. The Morgan fingerprint density at radius 1 is 0.963 bits per heavy atom. The van der Waals surface area contributed by atoms with Gasteiger partial charge in [-0.3, -0.25) is 9.52 Å². The summed E-state index contributed by atoms with van der Waals surface area (Å²) in [6.07, 6.45) is 0.658. The standard InChI is InChI=1S/C20H15Cl2NO3S/c1-13-9-16(21)11-19(22)20(13)15-5-7-18(8-6-15)27(25,26)23-17-4-2-3-14(10-17)12-24/h2-12,23H,1H3. The maximum Gasteiger partial charge on any atom is 0.261 e. The summed E-state index contributed by atoms with van der Waals surface area (Å²) in [6.45, 7) is 1.89. The Labute approximate surface area is 167 Å². The number of halogens is 2. The molecule has 0 unspecified atom stereocenters. The maximum atomic E-state index is 12.6. The molecule has 7 heteroatoms. The van der Waals surface area contributed by atoms with Crippen LogP contribution in [-0.4, -0.2) is 14.7 Å². The third kappa shape index (κ3) is 4.33. The number of carbonyl (C=O) groups excluding carboxylic acids is 1. The lowest BCUT2D eigenvalue weighted by molar-refractivity contribution is 0.112. The van der Waals surface area contributed by atoms with Gasteiger partial charge in [-0.2, -0.15) is 0 Å². The van der Waals surface area contributed by atoms with Crippen LogP contribution in [-0.2, 0) is 10.0 Å². The van der Waals surface area contributed by atoms with Crippen LogP contribution >= 0.6 is 23.2 Å². The van der Waals surface area contributed by atoms with Crippen LogP contribution in [0.1, 0.15) is 15.9 Å². The molecule has 0 amide bonds. The molecular weight excluding hydrogens is 405 g/mol. The number of aryl methyl sites for hydroxylation is 1. The van der Waals surface area contributed by atoms with Crippen molar-refractivity contribution >= 4 is 45.2 Å². The van der Waals surface area contributed by atoms with Crippen LogP contribution in [0, 0.1) is 6.92 Å². The molecule has 0 aliphatic rings. The number of hydrogen-bond acceptors (Lipinski definition) is 3. The average Bonchev–Trinajstić information content (AvgIpc) is 2.61. The van der Waals surface area contributed by atoms with Crippen LogP contribution in [0.3, 0.4) is 0 Å². The molecule has 3 rings (SSSR count). The van der Waals surface area contributed by atoms with Crippen molar-refractivity contribution in [2.45, 2.75) is 11.8 Å². The van der Waals surface area contributed by atoms with E-state index in [1.807, 2.05) is 6.92 Å². The molecule has 0 saturated carbocycles. The average molecular weight is 420 g/mol. The van der Waals surface area contributed by atoms with Crippen LogP contribution in [0.25, 0.3) is 11.1 Å². The van der Waals surface area contributed by atoms with Gasteiger partial charge in [0.2, 0.25) is 0 Å². The SMILES string of the molecule is Cc1cc(Cl)cc(Cl)c1-c1ccc(S(=O)(=O)Nc2cccc(C=O)c2)cc1. The molecule has 0 radical (unpaired) electrons. The zero-order valence-corrected chi connectivity index (χ0v) is 16.6. The van der Waals surface area contributed by atoms with Crippen molar-refractivity contribution in [3.05, 3.63) is 81.8 Å². The molecule has 4 nitrogen and oxygen atoms in total. The number of benzene rings is 3. The number of aldehydes is 1. The van der Waals surface area contributed by atoms with Crippen molar-refractivity contribution in [1.29, 1.82) is 0 Å². The van der Waals surface area contributed by atoms with Gasteiger partial charge >= 0.3 is 0 Å². The summed E-state index contributed by atoms with van der Waals surface area (Å²) in [5, 5.41) is 1.04. The Morgan fingerprint density at radius 2 is 1.67 bits per heavy atom. The van der Waals surface area contributed by atoms with Crippen molar-refractivity contribution in [3.63, 3.8) is 0 Å². The van der Waals surface area contributed by atoms with E-state index in [1.165, 1.54) is 18.2 Å². The Kier molecular flexibility index (Phi) is 5.56. The third-order valence-corrected chi connectivity index (χ3v) is 5.89. The first-order valence-electron chi connectivity index (χ1n) is 7.94. The summed E-state index contributed by atoms with van der Waals surface area (Å²) in [4.78, 5) is 10.9. The topological polar surface area (TPSA) is 63.2 Å². The molecule has 1 N–H and O–H groups in total. The lowest BCUT2D eigenvalue weighted by Crippen LogP contribution is -2.13. The molecule has 3 aromatic carbocycles. The van der Waals surface area contributed by atoms with Crippen molar-refractivity contribution in [2.24, 2.45) is 0 Å². The fourth-order valence-electron chi connectivity index (χ4n) is 2.76. The largest absolute Gasteiger partial charge is 0.298 e. The highest BCUT2D eigenvalue weighted by Gasteiger charge is 2.16. The predicted molar refractivity (Wildman–Crippen MR) is 109 cm³/mol. The van der Waals surface area contributed by atoms with E-state index in [9.17, 15) is 13.2 Å². The number of carbonyl (C=O) groups is 1. The van der Waals surface area contributed by atoms with E-state index in [0.29, 0.717) is 27.6 Å². The zero-order chi connectivity index (χ0) is 19.6. The summed E-state index contributed by atoms with van der Waals surface area (Å²) >= 11 is 12.3. The molecule has 0 heterocycles. The Balaban J connectivity index is 1.91. The minimum absolute atomic E-state index is 0.102. The summed E-state index contributed by atoms with van der Waals surface area (Å²) in [7, 11) is -3.78. The van der Waals surface area contributed by atoms with E-state index < -0.39 is 10.0 Å². The number of nitrogens with one attached hydrogen (secondary N) is 1. The monoisotopic (exact) mass is 419 g/mol. The number of anilines is 1. The van der Waals surface area contributed by atoms with Gasteiger partial charge in [0.1, 0.15) is 6.29 Å². The molecule has 27 heavy (non-hydrogen) atoms. The summed E-state index contributed by atoms with van der Waals surface area (Å²) in [5.74, 6) is 0. The van der Waals surface area contributed by atoms with Gasteiger partial charge in [0, 0.05) is 21.8 Å². The first kappa shape index (κ1) is 19.4. The fraction of sp³-hybridized carbons (Fsp3) is 0.0500. The van der Waals surface area contributed by atoms with Gasteiger partial charge < -0.3 is 0 Å². The van der Waals surface area contributed by atoms with Gasteiger partial charge in [-0.05, 0) is 54.4 Å². The van der Waals surface area contributed by atoms with Crippen molar-refractivity contribution in [2.75, 3.05) is 4.72 Å². The van der Waals surface area contributed by atoms with Gasteiger partial charge in [0.05, 0.1) is 9.92 Å². The van der Waals surface area contributed by atoms with E-state index >= 15 is 0 Å². The van der Waals surface area contributed by atoms with Gasteiger partial charge in [-0.15, -0.1) is 0 Å². The molecule has 0 atom stereocenters. The zero-order valence-electron chi connectivity index (χ0n) is 14.2. The van der Waals surface area contributed by atoms with Crippen LogP contribution in [0.5, 0.6) is 0 Å². The smallest absolute Gasteiger partial charge is 0.261 e. The Bertz CT molecular complexity index is 1090. The van der Waals surface area contributed by atoms with Crippen LogP contribution in [0.15, 0.2) is 65.6 Å². The molecular formula is C20H15Cl2NO3S. The lowest BCUT2D eigenvalue weighted by Gasteiger charge is -2.12. The molecule has 138 valence electrons. The summed E-state index contributed by atoms with van der Waals surface area (Å²) in [6, 6.07) is 16.1. The number of hydrogen-bond donors (Lipinski definition) is 1. The molecule has 0 aromatic heterocycles. The van der Waals surface area contributed by atoms with E-state index in [0.717, 1.165) is 16.7 Å². The van der Waals surface area contributed by atoms with Gasteiger partial charge in [-0.1, -0.05) is 47.5 Å². The molecule has 0 aliphatic carbocycles. The van der Waals surface area contributed by atoms with Gasteiger partial charge in [-0.25, -0.2) is 8.42 Å². The highest BCUT2D eigenvalue weighted by molar-refractivity contribution is 7.92. The quantitative estimate of drug-likeness (QED) is 0.548. The lowest BCUT2D eigenvalue weighted by atomic mass is 10.0. The van der Waals surface area contributed by atoms with E-state index in [-0.39, 0.29) is 4.90 Å². The Morgan fingerprint density at radius 3 is 2.30 bits per heavy atom. The van der Waals surface area contributed by atoms with Crippen LogP contribution in [0.4, 0.5) is 5.69 Å². The summed E-state index contributed by atoms with van der Waals surface area (Å²) < 4.78 is 27.6. The van der Waals surface area contributed by atoms with Crippen molar-refractivity contribution in [3.8, 4) is 11.1 Å². The van der Waals surface area contributed by atoms with Crippen molar-refractivity contribution in [1.82, 2.24) is 0 Å². The highest BCUT2D eigenvalue weighted by atomic mass is 35.5. The van der Waals surface area contributed by atoms with Gasteiger partial charge in [0.25, 0.3) is 10.0 Å². The minimum atomic E-state index is -3.78. The highest BCUT2D eigenvalue weighted by Crippen LogP contribution is 2.34. The van der Waals surface area contributed by atoms with Crippen LogP contribution in [0.2, 0.25) is 10.0 Å². The minimum Gasteiger partial charge on any atom is -0.298 e. The molecule has 0 spiro atoms. The first-order chi connectivity index (χ1) is 12.8. The Hall–Kier alpha value is -2.34. The number of sulfonamides is 1. The second-order valence-electron chi connectivity index (χ2n) is 5.95. The fourth-order valence-corrected chi connectivity index (χ4v) is 4.51. The number of rotatable bonds is 5. The van der Waals surface area contributed by atoms with E-state index in [4.69, 9.17) is 23.2 Å². The third-order valence-electron chi connectivity index (χ3n) is 3.98. The van der Waals surface area contributed by atoms with Crippen molar-refractivity contribution < 1.29 is 13.2 Å². The normalized spacial score (nSPS) is 11.2. The molecule has 0 aliphatic heterocycles. The molecule has 0 fully saturated rings. The molecule has 3 aromatic rings. The molecule has 0 saturated heterocycles. The summed E-state index contributed by atoms with van der Waals surface area (Å²) in [5.41, 5.74) is 3.19. The van der Waals surface area contributed by atoms with E-state index in [1.54, 1.807) is 42.5 Å². The second kappa shape index (κ2) is 7.72. The van der Waals surface area contributed by atoms with Gasteiger partial charge in [0.15, 0.2) is 0 Å².